The van der Waals surface area contributed by atoms with E-state index >= 15 is 0 Å². The van der Waals surface area contributed by atoms with Crippen molar-refractivity contribution in [1.29, 1.82) is 0 Å². The molecule has 2 N–H and O–H groups in total. The van der Waals surface area contributed by atoms with Crippen LogP contribution in [0.2, 0.25) is 0 Å². The molecular formula is C23H28N4O2. The Bertz CT molecular complexity index is 876. The summed E-state index contributed by atoms with van der Waals surface area (Å²) in [6.45, 7) is 3.58. The minimum atomic E-state index is -0.0736. The molecule has 0 radical (unpaired) electrons. The van der Waals surface area contributed by atoms with Crippen molar-refractivity contribution in [3.8, 4) is 0 Å². The molecule has 1 saturated heterocycles. The van der Waals surface area contributed by atoms with Crippen molar-refractivity contribution >= 4 is 23.2 Å². The summed E-state index contributed by atoms with van der Waals surface area (Å²) in [5, 5.41) is 6.09. The number of piperidine rings is 1. The highest BCUT2D eigenvalue weighted by atomic mass is 16.2. The third-order valence-electron chi connectivity index (χ3n) is 5.79. The quantitative estimate of drug-likeness (QED) is 0.840. The van der Waals surface area contributed by atoms with E-state index in [0.29, 0.717) is 24.2 Å². The SMILES string of the molecule is CN1CCC(=O)Nc2cc(C(=O)NC3CCN(Cc4ccccc4)CC3)ccc21. The van der Waals surface area contributed by atoms with E-state index in [1.165, 1.54) is 5.56 Å². The molecule has 0 bridgehead atoms. The topological polar surface area (TPSA) is 64.7 Å². The van der Waals surface area contributed by atoms with Gasteiger partial charge in [0.05, 0.1) is 11.4 Å². The van der Waals surface area contributed by atoms with Gasteiger partial charge in [0.25, 0.3) is 5.91 Å². The summed E-state index contributed by atoms with van der Waals surface area (Å²) in [5.41, 5.74) is 3.57. The highest BCUT2D eigenvalue weighted by Gasteiger charge is 2.23. The molecule has 0 unspecified atom stereocenters. The fourth-order valence-electron chi connectivity index (χ4n) is 4.06. The zero-order chi connectivity index (χ0) is 20.2. The molecule has 152 valence electrons. The zero-order valence-electron chi connectivity index (χ0n) is 16.9. The summed E-state index contributed by atoms with van der Waals surface area (Å²) in [4.78, 5) is 29.2. The van der Waals surface area contributed by atoms with Gasteiger partial charge in [-0.3, -0.25) is 14.5 Å². The van der Waals surface area contributed by atoms with Gasteiger partial charge in [0.1, 0.15) is 0 Å². The lowest BCUT2D eigenvalue weighted by Crippen LogP contribution is -2.44. The van der Waals surface area contributed by atoms with E-state index in [9.17, 15) is 9.59 Å². The van der Waals surface area contributed by atoms with E-state index in [2.05, 4.69) is 39.8 Å². The zero-order valence-corrected chi connectivity index (χ0v) is 16.9. The second-order valence-electron chi connectivity index (χ2n) is 7.96. The highest BCUT2D eigenvalue weighted by Crippen LogP contribution is 2.29. The lowest BCUT2D eigenvalue weighted by atomic mass is 10.0. The monoisotopic (exact) mass is 392 g/mol. The molecule has 2 aromatic rings. The Morgan fingerprint density at radius 1 is 1.10 bits per heavy atom. The van der Waals surface area contributed by atoms with E-state index in [-0.39, 0.29) is 17.9 Å². The molecule has 29 heavy (non-hydrogen) atoms. The van der Waals surface area contributed by atoms with Gasteiger partial charge in [0.2, 0.25) is 5.91 Å². The van der Waals surface area contributed by atoms with Gasteiger partial charge < -0.3 is 15.5 Å². The van der Waals surface area contributed by atoms with Crippen LogP contribution >= 0.6 is 0 Å². The van der Waals surface area contributed by atoms with Gasteiger partial charge in [-0.25, -0.2) is 0 Å². The molecule has 2 aliphatic heterocycles. The first-order chi connectivity index (χ1) is 14.1. The van der Waals surface area contributed by atoms with Crippen LogP contribution in [-0.4, -0.2) is 49.4 Å². The molecule has 2 aromatic carbocycles. The van der Waals surface area contributed by atoms with Crippen LogP contribution in [0.1, 0.15) is 35.2 Å². The molecule has 2 amide bonds. The third kappa shape index (κ3) is 4.77. The summed E-state index contributed by atoms with van der Waals surface area (Å²) in [6, 6.07) is 16.2. The van der Waals surface area contributed by atoms with Gasteiger partial charge in [0, 0.05) is 51.3 Å². The largest absolute Gasteiger partial charge is 0.372 e. The number of fused-ring (bicyclic) bond motifs is 1. The first kappa shape index (κ1) is 19.5. The molecule has 6 nitrogen and oxygen atoms in total. The van der Waals surface area contributed by atoms with Gasteiger partial charge in [-0.15, -0.1) is 0 Å². The molecule has 2 heterocycles. The van der Waals surface area contributed by atoms with Gasteiger partial charge in [-0.2, -0.15) is 0 Å². The van der Waals surface area contributed by atoms with Crippen molar-refractivity contribution in [3.05, 3.63) is 59.7 Å². The Balaban J connectivity index is 1.34. The number of hydrogen-bond acceptors (Lipinski definition) is 4. The van der Waals surface area contributed by atoms with E-state index < -0.39 is 0 Å². The van der Waals surface area contributed by atoms with E-state index in [1.54, 1.807) is 6.07 Å². The maximum Gasteiger partial charge on any atom is 0.251 e. The molecule has 0 atom stereocenters. The minimum Gasteiger partial charge on any atom is -0.372 e. The number of anilines is 2. The average Bonchev–Trinajstić information content (AvgIpc) is 2.88. The Labute approximate surface area is 171 Å². The Hall–Kier alpha value is -2.86. The first-order valence-electron chi connectivity index (χ1n) is 10.3. The number of nitrogens with one attached hydrogen (secondary N) is 2. The number of carbonyl (C=O) groups excluding carboxylic acids is 2. The van der Waals surface area contributed by atoms with Crippen LogP contribution in [0.15, 0.2) is 48.5 Å². The molecule has 0 aliphatic carbocycles. The summed E-state index contributed by atoms with van der Waals surface area (Å²) in [7, 11) is 1.96. The number of hydrogen-bond donors (Lipinski definition) is 2. The lowest BCUT2D eigenvalue weighted by Gasteiger charge is -2.32. The van der Waals surface area contributed by atoms with Crippen LogP contribution in [0.25, 0.3) is 0 Å². The summed E-state index contributed by atoms with van der Waals surface area (Å²) < 4.78 is 0. The van der Waals surface area contributed by atoms with Crippen LogP contribution in [0.4, 0.5) is 11.4 Å². The van der Waals surface area contributed by atoms with Crippen molar-refractivity contribution in [3.63, 3.8) is 0 Å². The number of rotatable bonds is 4. The van der Waals surface area contributed by atoms with Crippen LogP contribution in [0, 0.1) is 0 Å². The molecule has 4 rings (SSSR count). The summed E-state index contributed by atoms with van der Waals surface area (Å²) >= 11 is 0. The molecule has 2 aliphatic rings. The summed E-state index contributed by atoms with van der Waals surface area (Å²) in [5.74, 6) is -0.0885. The highest BCUT2D eigenvalue weighted by molar-refractivity contribution is 6.01. The maximum atomic E-state index is 12.8. The number of nitrogens with zero attached hydrogens (tertiary/aromatic N) is 2. The normalized spacial score (nSPS) is 18.0. The standard InChI is InChI=1S/C23H28N4O2/c1-26-12-11-22(28)25-20-15-18(7-8-21(20)26)23(29)24-19-9-13-27(14-10-19)16-17-5-3-2-4-6-17/h2-8,15,19H,9-14,16H2,1H3,(H,24,29)(H,25,28). The minimum absolute atomic E-state index is 0.0149. The Kier molecular flexibility index (Phi) is 5.81. The molecule has 0 spiro atoms. The average molecular weight is 393 g/mol. The van der Waals surface area contributed by atoms with Crippen molar-refractivity contribution < 1.29 is 9.59 Å². The number of carbonyl (C=O) groups is 2. The van der Waals surface area contributed by atoms with Crippen molar-refractivity contribution in [2.75, 3.05) is 36.9 Å². The molecule has 6 heteroatoms. The van der Waals surface area contributed by atoms with Gasteiger partial charge >= 0.3 is 0 Å². The predicted molar refractivity (Wildman–Crippen MR) is 115 cm³/mol. The van der Waals surface area contributed by atoms with Crippen LogP contribution in [0.3, 0.4) is 0 Å². The van der Waals surface area contributed by atoms with Crippen LogP contribution in [0.5, 0.6) is 0 Å². The van der Waals surface area contributed by atoms with E-state index in [1.807, 2.05) is 30.1 Å². The van der Waals surface area contributed by atoms with Crippen molar-refractivity contribution in [2.45, 2.75) is 31.8 Å². The maximum absolute atomic E-state index is 12.8. The van der Waals surface area contributed by atoms with Crippen molar-refractivity contribution in [1.82, 2.24) is 10.2 Å². The molecular weight excluding hydrogens is 364 g/mol. The Morgan fingerprint density at radius 3 is 2.62 bits per heavy atom. The predicted octanol–water partition coefficient (Wildman–Crippen LogP) is 2.86. The molecule has 0 aromatic heterocycles. The van der Waals surface area contributed by atoms with E-state index in [4.69, 9.17) is 0 Å². The fraction of sp³-hybridized carbons (Fsp3) is 0.391. The van der Waals surface area contributed by atoms with Gasteiger partial charge in [0.15, 0.2) is 0 Å². The van der Waals surface area contributed by atoms with Crippen LogP contribution in [-0.2, 0) is 11.3 Å². The number of benzene rings is 2. The lowest BCUT2D eigenvalue weighted by molar-refractivity contribution is -0.115. The number of likely N-dealkylation sites (tertiary alicyclic amines) is 1. The second-order valence-corrected chi connectivity index (χ2v) is 7.96. The fourth-order valence-corrected chi connectivity index (χ4v) is 4.06. The smallest absolute Gasteiger partial charge is 0.251 e. The van der Waals surface area contributed by atoms with Crippen LogP contribution < -0.4 is 15.5 Å². The molecule has 1 fully saturated rings. The van der Waals surface area contributed by atoms with Crippen molar-refractivity contribution in [2.24, 2.45) is 0 Å². The van der Waals surface area contributed by atoms with E-state index in [0.717, 1.165) is 38.2 Å². The van der Waals surface area contributed by atoms with Gasteiger partial charge in [-0.05, 0) is 36.6 Å². The Morgan fingerprint density at radius 2 is 1.86 bits per heavy atom. The molecule has 0 saturated carbocycles. The second kappa shape index (κ2) is 8.66. The number of amides is 2. The first-order valence-corrected chi connectivity index (χ1v) is 10.3. The summed E-state index contributed by atoms with van der Waals surface area (Å²) in [6.07, 6.45) is 2.35. The van der Waals surface area contributed by atoms with Gasteiger partial charge in [-0.1, -0.05) is 30.3 Å². The third-order valence-corrected chi connectivity index (χ3v) is 5.79.